The zero-order valence-electron chi connectivity index (χ0n) is 2.53. The highest BCUT2D eigenvalue weighted by Crippen LogP contribution is 1.30. The number of halogens is 1. The first-order valence-electron chi connectivity index (χ1n) is 1.02. The molecule has 0 amide bonds. The van der Waals surface area contributed by atoms with Gasteiger partial charge in [-0.2, -0.15) is 0 Å². The van der Waals surface area contributed by atoms with Crippen LogP contribution in [-0.4, -0.2) is 11.7 Å². The van der Waals surface area contributed by atoms with Gasteiger partial charge in [0.25, 0.3) is 0 Å². The molecule has 1 N–H and O–H groups in total. The van der Waals surface area contributed by atoms with E-state index in [9.17, 15) is 0 Å². The van der Waals surface area contributed by atoms with Gasteiger partial charge in [0.1, 0.15) is 0 Å². The molecule has 28 valence electrons. The van der Waals surface area contributed by atoms with E-state index in [0.717, 1.165) is 0 Å². The summed E-state index contributed by atoms with van der Waals surface area (Å²) >= 11 is 0. The first-order valence-corrected chi connectivity index (χ1v) is 1.02. The first-order chi connectivity index (χ1) is 1.41. The van der Waals surface area contributed by atoms with Crippen molar-refractivity contribution < 1.29 is 29.1 Å². The van der Waals surface area contributed by atoms with Crippen LogP contribution in [-0.2, 0) is 0 Å². The van der Waals surface area contributed by atoms with Crippen molar-refractivity contribution in [1.29, 1.82) is 0 Å². The van der Waals surface area contributed by atoms with Crippen LogP contribution in [0, 0.1) is 0 Å². The molecule has 0 bridgehead atoms. The second-order valence-corrected chi connectivity index (χ2v) is 0.316. The summed E-state index contributed by atoms with van der Waals surface area (Å²) in [6.07, 6.45) is 0. The van der Waals surface area contributed by atoms with Crippen LogP contribution in [0.4, 0.5) is 0 Å². The summed E-state index contributed by atoms with van der Waals surface area (Å²) in [6, 6.07) is 0. The molecular weight excluding hydrogens is 167 g/mol. The van der Waals surface area contributed by atoms with Crippen molar-refractivity contribution in [3.8, 4) is 0 Å². The fourth-order valence-electron chi connectivity index (χ4n) is 0. The van der Waals surface area contributed by atoms with Crippen LogP contribution < -0.4 is 24.0 Å². The van der Waals surface area contributed by atoms with Gasteiger partial charge < -0.3 is 29.1 Å². The predicted octanol–water partition coefficient (Wildman–Crippen LogP) is -3.00. The predicted molar refractivity (Wildman–Crippen MR) is 12.8 cm³/mol. The molecule has 0 saturated carbocycles. The molecule has 0 aromatic heterocycles. The van der Waals surface area contributed by atoms with Crippen molar-refractivity contribution in [3.63, 3.8) is 0 Å². The van der Waals surface area contributed by atoms with Crippen LogP contribution in [0.3, 0.4) is 0 Å². The third-order valence-corrected chi connectivity index (χ3v) is 0. The van der Waals surface area contributed by atoms with E-state index in [2.05, 4.69) is 0 Å². The highest BCUT2D eigenvalue weighted by molar-refractivity contribution is 3.84. The van der Waals surface area contributed by atoms with Crippen molar-refractivity contribution in [1.82, 2.24) is 0 Å². The lowest BCUT2D eigenvalue weighted by atomic mass is 10.9. The minimum Gasteiger partial charge on any atom is -1.00 e. The van der Waals surface area contributed by atoms with E-state index in [4.69, 9.17) is 5.11 Å². The van der Waals surface area contributed by atoms with Gasteiger partial charge in [-0.15, -0.1) is 0 Å². The molecule has 0 aromatic carbocycles. The van der Waals surface area contributed by atoms with Crippen LogP contribution >= 0.6 is 0 Å². The lowest BCUT2D eigenvalue weighted by Gasteiger charge is -1.52. The zero-order chi connectivity index (χ0) is 2.71. The molecule has 0 aliphatic rings. The summed E-state index contributed by atoms with van der Waals surface area (Å²) in [5, 5.41) is 7.57. The van der Waals surface area contributed by atoms with Crippen molar-refractivity contribution in [2.24, 2.45) is 0 Å². The Morgan fingerprint density at radius 2 is 1.75 bits per heavy atom. The van der Waals surface area contributed by atoms with Crippen LogP contribution in [0.25, 0.3) is 0 Å². The number of hydrogen-bond acceptors (Lipinski definition) is 1. The monoisotopic (exact) mass is 173 g/mol. The fraction of sp³-hybridized carbons (Fsp3) is 1.00. The first kappa shape index (κ1) is 8.83. The molecule has 0 radical (unpaired) electrons. The molecule has 0 aliphatic carbocycles. The van der Waals surface area contributed by atoms with E-state index < -0.39 is 0 Å². The van der Waals surface area contributed by atoms with E-state index in [1.807, 2.05) is 0 Å². The Kier molecular flexibility index (Phi) is 20.6. The van der Waals surface area contributed by atoms with Crippen LogP contribution in [0.15, 0.2) is 0 Å². The van der Waals surface area contributed by atoms with Crippen LogP contribution in [0.1, 0.15) is 6.92 Å². The Morgan fingerprint density at radius 1 is 1.75 bits per heavy atom. The fourth-order valence-corrected chi connectivity index (χ4v) is 0. The second kappa shape index (κ2) is 9.35. The molecule has 0 spiro atoms. The van der Waals surface area contributed by atoms with Crippen molar-refractivity contribution in [2.45, 2.75) is 6.92 Å². The minimum absolute atomic E-state index is 0. The molecular formula is C2H6IO-. The summed E-state index contributed by atoms with van der Waals surface area (Å²) in [4.78, 5) is 0. The maximum atomic E-state index is 7.57. The Hall–Kier alpha value is 0.690. The molecule has 0 atom stereocenters. The maximum absolute atomic E-state index is 7.57. The third kappa shape index (κ3) is 16.1. The highest BCUT2D eigenvalue weighted by atomic mass is 127. The molecule has 0 fully saturated rings. The molecule has 0 aliphatic heterocycles. The zero-order valence-corrected chi connectivity index (χ0v) is 4.69. The number of aliphatic hydroxyl groups is 1. The number of hydrogen-bond donors (Lipinski definition) is 1. The summed E-state index contributed by atoms with van der Waals surface area (Å²) < 4.78 is 0. The Labute approximate surface area is 43.0 Å². The van der Waals surface area contributed by atoms with Gasteiger partial charge in [-0.25, -0.2) is 0 Å². The van der Waals surface area contributed by atoms with Gasteiger partial charge in [-0.05, 0) is 6.92 Å². The second-order valence-electron chi connectivity index (χ2n) is 0.316. The molecule has 0 aromatic rings. The van der Waals surface area contributed by atoms with Crippen molar-refractivity contribution >= 4 is 0 Å². The van der Waals surface area contributed by atoms with Gasteiger partial charge in [0, 0.05) is 6.61 Å². The normalized spacial score (nSPS) is 4.50. The van der Waals surface area contributed by atoms with Crippen molar-refractivity contribution in [3.05, 3.63) is 0 Å². The molecule has 0 saturated heterocycles. The van der Waals surface area contributed by atoms with E-state index in [-0.39, 0.29) is 30.6 Å². The maximum Gasteiger partial charge on any atom is 0.0402 e. The topological polar surface area (TPSA) is 20.2 Å². The number of rotatable bonds is 0. The van der Waals surface area contributed by atoms with Gasteiger partial charge in [-0.1, -0.05) is 0 Å². The van der Waals surface area contributed by atoms with E-state index in [0.29, 0.717) is 0 Å². The molecule has 0 rings (SSSR count). The summed E-state index contributed by atoms with van der Waals surface area (Å²) in [7, 11) is 0. The Balaban J connectivity index is 0. The lowest BCUT2D eigenvalue weighted by Crippen LogP contribution is -3.00. The van der Waals surface area contributed by atoms with Gasteiger partial charge in [0.05, 0.1) is 0 Å². The molecule has 1 nitrogen and oxygen atoms in total. The van der Waals surface area contributed by atoms with E-state index in [1.54, 1.807) is 6.92 Å². The molecule has 4 heavy (non-hydrogen) atoms. The standard InChI is InChI=1S/C2H6O.HI/c1-2-3;/h3H,2H2,1H3;1H/p-1. The molecule has 2 heteroatoms. The highest BCUT2D eigenvalue weighted by Gasteiger charge is 1.34. The lowest BCUT2D eigenvalue weighted by molar-refractivity contribution is -0.00000194. The largest absolute Gasteiger partial charge is 1.00 e. The smallest absolute Gasteiger partial charge is 0.0402 e. The quantitative estimate of drug-likeness (QED) is 0.387. The molecule has 0 unspecified atom stereocenters. The van der Waals surface area contributed by atoms with Crippen molar-refractivity contribution in [2.75, 3.05) is 6.61 Å². The van der Waals surface area contributed by atoms with Gasteiger partial charge in [-0.3, -0.25) is 0 Å². The Bertz CT molecular complexity index is 6.00. The number of aliphatic hydroxyl groups excluding tert-OH is 1. The average molecular weight is 173 g/mol. The van der Waals surface area contributed by atoms with E-state index in [1.165, 1.54) is 0 Å². The van der Waals surface area contributed by atoms with E-state index >= 15 is 0 Å². The SMILES string of the molecule is CCO.[I-]. The van der Waals surface area contributed by atoms with Gasteiger partial charge in [0.15, 0.2) is 0 Å². The average Bonchev–Trinajstić information content (AvgIpc) is 0.918. The minimum atomic E-state index is 0. The molecule has 0 heterocycles. The summed E-state index contributed by atoms with van der Waals surface area (Å²) in [5.74, 6) is 0. The van der Waals surface area contributed by atoms with Crippen LogP contribution in [0.2, 0.25) is 0 Å². The Morgan fingerprint density at radius 3 is 1.75 bits per heavy atom. The third-order valence-electron chi connectivity index (χ3n) is 0. The summed E-state index contributed by atoms with van der Waals surface area (Å²) in [5.41, 5.74) is 0. The van der Waals surface area contributed by atoms with Crippen LogP contribution in [0.5, 0.6) is 0 Å². The summed E-state index contributed by atoms with van der Waals surface area (Å²) in [6.45, 7) is 1.93. The van der Waals surface area contributed by atoms with Gasteiger partial charge in [0.2, 0.25) is 0 Å². The van der Waals surface area contributed by atoms with Gasteiger partial charge >= 0.3 is 0 Å².